The van der Waals surface area contributed by atoms with Crippen molar-refractivity contribution in [3.8, 4) is 5.75 Å². The van der Waals surface area contributed by atoms with Gasteiger partial charge in [0.2, 0.25) is 0 Å². The lowest BCUT2D eigenvalue weighted by Gasteiger charge is -2.32. The molecule has 0 bridgehead atoms. The van der Waals surface area contributed by atoms with E-state index in [1.807, 2.05) is 12.1 Å². The lowest BCUT2D eigenvalue weighted by Crippen LogP contribution is -2.30. The number of ketones is 1. The fraction of sp³-hybridized carbons (Fsp3) is 0.611. The molecule has 1 saturated carbocycles. The Labute approximate surface area is 121 Å². The third-order valence-corrected chi connectivity index (χ3v) is 4.91. The molecule has 2 nitrogen and oxygen atoms in total. The summed E-state index contributed by atoms with van der Waals surface area (Å²) < 4.78 is 6.35. The van der Waals surface area contributed by atoms with Crippen molar-refractivity contribution in [2.75, 3.05) is 0 Å². The highest BCUT2D eigenvalue weighted by atomic mass is 16.5. The van der Waals surface area contributed by atoms with Crippen LogP contribution in [0.25, 0.3) is 0 Å². The smallest absolute Gasteiger partial charge is 0.163 e. The SMILES string of the molecule is CCC1CCCCC1Oc1cccc2c1CCCC2=O. The summed E-state index contributed by atoms with van der Waals surface area (Å²) in [5.74, 6) is 1.94. The van der Waals surface area contributed by atoms with Crippen LogP contribution in [0.15, 0.2) is 18.2 Å². The molecule has 0 amide bonds. The van der Waals surface area contributed by atoms with Gasteiger partial charge in [0.15, 0.2) is 5.78 Å². The first kappa shape index (κ1) is 13.7. The minimum atomic E-state index is 0.285. The van der Waals surface area contributed by atoms with E-state index in [9.17, 15) is 4.79 Å². The standard InChI is InChI=1S/C18H24O2/c1-2-13-7-3-4-11-17(13)20-18-12-6-8-14-15(18)9-5-10-16(14)19/h6,8,12-13,17H,2-5,7,9-11H2,1H3. The van der Waals surface area contributed by atoms with Crippen LogP contribution in [-0.4, -0.2) is 11.9 Å². The summed E-state index contributed by atoms with van der Waals surface area (Å²) in [5.41, 5.74) is 2.06. The molecule has 2 aliphatic rings. The number of hydrogen-bond donors (Lipinski definition) is 0. The van der Waals surface area contributed by atoms with E-state index in [1.54, 1.807) is 0 Å². The number of rotatable bonds is 3. The zero-order valence-corrected chi connectivity index (χ0v) is 12.4. The maximum absolute atomic E-state index is 12.0. The highest BCUT2D eigenvalue weighted by Gasteiger charge is 2.27. The Morgan fingerprint density at radius 3 is 2.85 bits per heavy atom. The molecular weight excluding hydrogens is 248 g/mol. The summed E-state index contributed by atoms with van der Waals surface area (Å²) in [6, 6.07) is 5.99. The average molecular weight is 272 g/mol. The van der Waals surface area contributed by atoms with Crippen molar-refractivity contribution in [3.63, 3.8) is 0 Å². The molecule has 108 valence electrons. The highest BCUT2D eigenvalue weighted by molar-refractivity contribution is 5.99. The fourth-order valence-electron chi connectivity index (χ4n) is 3.71. The predicted molar refractivity (Wildman–Crippen MR) is 80.4 cm³/mol. The van der Waals surface area contributed by atoms with Gasteiger partial charge in [-0.05, 0) is 50.5 Å². The maximum Gasteiger partial charge on any atom is 0.163 e. The largest absolute Gasteiger partial charge is 0.490 e. The van der Waals surface area contributed by atoms with Crippen LogP contribution >= 0.6 is 0 Å². The lowest BCUT2D eigenvalue weighted by atomic mass is 9.84. The summed E-state index contributed by atoms with van der Waals surface area (Å²) in [6.45, 7) is 2.26. The molecule has 1 aromatic rings. The topological polar surface area (TPSA) is 26.3 Å². The van der Waals surface area contributed by atoms with Crippen molar-refractivity contribution in [1.82, 2.24) is 0 Å². The monoisotopic (exact) mass is 272 g/mol. The van der Waals surface area contributed by atoms with Gasteiger partial charge in [-0.1, -0.05) is 25.5 Å². The van der Waals surface area contributed by atoms with E-state index in [1.165, 1.54) is 25.7 Å². The van der Waals surface area contributed by atoms with E-state index in [0.717, 1.165) is 36.1 Å². The average Bonchev–Trinajstić information content (AvgIpc) is 2.49. The predicted octanol–water partition coefficient (Wildman–Crippen LogP) is 4.55. The number of carbonyl (C=O) groups excluding carboxylic acids is 1. The Morgan fingerprint density at radius 1 is 1.15 bits per heavy atom. The van der Waals surface area contributed by atoms with Crippen LogP contribution < -0.4 is 4.74 Å². The van der Waals surface area contributed by atoms with Gasteiger partial charge < -0.3 is 4.74 Å². The molecule has 1 aromatic carbocycles. The fourth-order valence-corrected chi connectivity index (χ4v) is 3.71. The van der Waals surface area contributed by atoms with Crippen LogP contribution in [0.3, 0.4) is 0 Å². The van der Waals surface area contributed by atoms with Crippen molar-refractivity contribution in [1.29, 1.82) is 0 Å². The van der Waals surface area contributed by atoms with Crippen LogP contribution in [0.2, 0.25) is 0 Å². The van der Waals surface area contributed by atoms with Gasteiger partial charge >= 0.3 is 0 Å². The second-order valence-corrected chi connectivity index (χ2v) is 6.17. The van der Waals surface area contributed by atoms with E-state index in [0.29, 0.717) is 18.4 Å². The molecule has 20 heavy (non-hydrogen) atoms. The second kappa shape index (κ2) is 5.99. The third-order valence-electron chi connectivity index (χ3n) is 4.91. The van der Waals surface area contributed by atoms with Crippen LogP contribution in [0, 0.1) is 5.92 Å². The molecule has 0 saturated heterocycles. The number of Topliss-reactive ketones (excluding diaryl/α,β-unsaturated/α-hetero) is 1. The lowest BCUT2D eigenvalue weighted by molar-refractivity contribution is 0.0877. The zero-order valence-electron chi connectivity index (χ0n) is 12.4. The molecule has 0 aromatic heterocycles. The molecule has 0 N–H and O–H groups in total. The van der Waals surface area contributed by atoms with Crippen LogP contribution in [0.5, 0.6) is 5.75 Å². The second-order valence-electron chi connectivity index (χ2n) is 6.17. The molecule has 2 unspecified atom stereocenters. The minimum Gasteiger partial charge on any atom is -0.490 e. The number of hydrogen-bond acceptors (Lipinski definition) is 2. The molecule has 0 aliphatic heterocycles. The number of benzene rings is 1. The Kier molecular flexibility index (Phi) is 4.09. The van der Waals surface area contributed by atoms with Crippen LogP contribution in [0.4, 0.5) is 0 Å². The molecule has 2 heteroatoms. The first-order valence-electron chi connectivity index (χ1n) is 8.11. The molecule has 2 atom stereocenters. The van der Waals surface area contributed by atoms with Gasteiger partial charge in [-0.15, -0.1) is 0 Å². The number of ether oxygens (including phenoxy) is 1. The van der Waals surface area contributed by atoms with Crippen molar-refractivity contribution >= 4 is 5.78 Å². The van der Waals surface area contributed by atoms with Crippen molar-refractivity contribution in [3.05, 3.63) is 29.3 Å². The van der Waals surface area contributed by atoms with Gasteiger partial charge in [-0.25, -0.2) is 0 Å². The van der Waals surface area contributed by atoms with Gasteiger partial charge in [0.1, 0.15) is 11.9 Å². The Balaban J connectivity index is 1.83. The summed E-state index contributed by atoms with van der Waals surface area (Å²) in [5, 5.41) is 0. The van der Waals surface area contributed by atoms with E-state index in [2.05, 4.69) is 13.0 Å². The summed E-state index contributed by atoms with van der Waals surface area (Å²) in [7, 11) is 0. The normalized spacial score (nSPS) is 26.1. The summed E-state index contributed by atoms with van der Waals surface area (Å²) >= 11 is 0. The van der Waals surface area contributed by atoms with E-state index < -0.39 is 0 Å². The first-order valence-corrected chi connectivity index (χ1v) is 8.11. The third kappa shape index (κ3) is 2.61. The van der Waals surface area contributed by atoms with Gasteiger partial charge in [-0.3, -0.25) is 4.79 Å². The van der Waals surface area contributed by atoms with Gasteiger partial charge in [-0.2, -0.15) is 0 Å². The van der Waals surface area contributed by atoms with E-state index >= 15 is 0 Å². The molecule has 1 fully saturated rings. The minimum absolute atomic E-state index is 0.285. The van der Waals surface area contributed by atoms with Gasteiger partial charge in [0.25, 0.3) is 0 Å². The van der Waals surface area contributed by atoms with Gasteiger partial charge in [0.05, 0.1) is 0 Å². The van der Waals surface area contributed by atoms with Crippen molar-refractivity contribution in [2.45, 2.75) is 64.4 Å². The molecule has 2 aliphatic carbocycles. The molecule has 0 radical (unpaired) electrons. The van der Waals surface area contributed by atoms with Crippen LogP contribution in [-0.2, 0) is 6.42 Å². The highest BCUT2D eigenvalue weighted by Crippen LogP contribution is 2.34. The Bertz CT molecular complexity index is 492. The van der Waals surface area contributed by atoms with Gasteiger partial charge in [0, 0.05) is 17.5 Å². The molecule has 0 spiro atoms. The maximum atomic E-state index is 12.0. The van der Waals surface area contributed by atoms with Crippen LogP contribution in [0.1, 0.15) is 67.8 Å². The first-order chi connectivity index (χ1) is 9.79. The number of fused-ring (bicyclic) bond motifs is 1. The van der Waals surface area contributed by atoms with E-state index in [-0.39, 0.29) is 5.78 Å². The summed E-state index contributed by atoms with van der Waals surface area (Å²) in [6.07, 6.45) is 9.24. The number of carbonyl (C=O) groups is 1. The summed E-state index contributed by atoms with van der Waals surface area (Å²) in [4.78, 5) is 12.0. The van der Waals surface area contributed by atoms with Crippen molar-refractivity contribution in [2.24, 2.45) is 5.92 Å². The Morgan fingerprint density at radius 2 is 2.00 bits per heavy atom. The quantitative estimate of drug-likeness (QED) is 0.806. The van der Waals surface area contributed by atoms with E-state index in [4.69, 9.17) is 4.74 Å². The van der Waals surface area contributed by atoms with Crippen molar-refractivity contribution < 1.29 is 9.53 Å². The zero-order chi connectivity index (χ0) is 13.9. The molecular formula is C18H24O2. The molecule has 3 rings (SSSR count). The Hall–Kier alpha value is -1.31. The molecule has 0 heterocycles.